The average Bonchev–Trinajstić information content (AvgIpc) is 1.89. The van der Waals surface area contributed by atoms with Gasteiger partial charge in [-0.3, -0.25) is 0 Å². The Morgan fingerprint density at radius 2 is 2.00 bits per heavy atom. The molecule has 0 aromatic carbocycles. The second-order valence-electron chi connectivity index (χ2n) is 1.95. The lowest BCUT2D eigenvalue weighted by atomic mass is 10.4. The lowest BCUT2D eigenvalue weighted by Gasteiger charge is -1.94. The van der Waals surface area contributed by atoms with Gasteiger partial charge in [-0.25, -0.2) is 0 Å². The molecule has 0 rings (SSSR count). The molecule has 0 aromatic rings. The van der Waals surface area contributed by atoms with E-state index in [0.29, 0.717) is 0 Å². The number of rotatable bonds is 5. The second-order valence-corrected chi connectivity index (χ2v) is 1.95. The normalized spacial score (nSPS) is 10.9. The first-order valence-electron chi connectivity index (χ1n) is 3.64. The zero-order chi connectivity index (χ0) is 6.95. The van der Waals surface area contributed by atoms with Crippen molar-refractivity contribution in [2.45, 2.75) is 26.7 Å². The zero-order valence-corrected chi connectivity index (χ0v) is 6.39. The maximum absolute atomic E-state index is 5.20. The molecule has 1 nitrogen and oxygen atoms in total. The minimum atomic E-state index is 0.779. The summed E-state index contributed by atoms with van der Waals surface area (Å²) in [7, 11) is 0. The molecular weight excluding hydrogens is 112 g/mol. The van der Waals surface area contributed by atoms with Crippen LogP contribution in [0.1, 0.15) is 26.7 Å². The highest BCUT2D eigenvalue weighted by atomic mass is 16.5. The van der Waals surface area contributed by atoms with Crippen LogP contribution in [-0.4, -0.2) is 13.2 Å². The van der Waals surface area contributed by atoms with Gasteiger partial charge in [0.1, 0.15) is 0 Å². The molecule has 0 aliphatic rings. The molecule has 0 radical (unpaired) electrons. The third-order valence-corrected chi connectivity index (χ3v) is 0.965. The fourth-order valence-electron chi connectivity index (χ4n) is 0.530. The van der Waals surface area contributed by atoms with E-state index in [1.54, 1.807) is 0 Å². The number of allylic oxidation sites excluding steroid dienone is 1. The fraction of sp³-hybridized carbons (Fsp3) is 0.750. The molecule has 0 spiro atoms. The lowest BCUT2D eigenvalue weighted by Crippen LogP contribution is -1.90. The molecule has 0 fully saturated rings. The summed E-state index contributed by atoms with van der Waals surface area (Å²) >= 11 is 0. The standard InChI is InChI=1S/C8H16O/c1-3-5-6-8-9-7-4-2/h5-6H,3-4,7-8H2,1-2H3. The van der Waals surface area contributed by atoms with E-state index in [4.69, 9.17) is 4.74 Å². The van der Waals surface area contributed by atoms with Crippen LogP contribution in [0.3, 0.4) is 0 Å². The Labute approximate surface area is 57.7 Å². The van der Waals surface area contributed by atoms with E-state index in [2.05, 4.69) is 26.0 Å². The van der Waals surface area contributed by atoms with Gasteiger partial charge in [-0.15, -0.1) is 0 Å². The van der Waals surface area contributed by atoms with E-state index in [9.17, 15) is 0 Å². The Bertz CT molecular complexity index is 67.0. The van der Waals surface area contributed by atoms with Gasteiger partial charge in [-0.2, -0.15) is 0 Å². The van der Waals surface area contributed by atoms with Crippen LogP contribution in [0.15, 0.2) is 12.2 Å². The van der Waals surface area contributed by atoms with E-state index in [1.807, 2.05) is 0 Å². The fourth-order valence-corrected chi connectivity index (χ4v) is 0.530. The van der Waals surface area contributed by atoms with Crippen molar-refractivity contribution in [3.05, 3.63) is 12.2 Å². The number of ether oxygens (including phenoxy) is 1. The SMILES string of the molecule is CCC=CCOCCC. The van der Waals surface area contributed by atoms with Crippen LogP contribution in [0.4, 0.5) is 0 Å². The van der Waals surface area contributed by atoms with Crippen LogP contribution >= 0.6 is 0 Å². The first kappa shape index (κ1) is 8.70. The van der Waals surface area contributed by atoms with Gasteiger partial charge in [0.15, 0.2) is 0 Å². The van der Waals surface area contributed by atoms with Gasteiger partial charge in [0.2, 0.25) is 0 Å². The van der Waals surface area contributed by atoms with E-state index < -0.39 is 0 Å². The van der Waals surface area contributed by atoms with Crippen molar-refractivity contribution in [1.82, 2.24) is 0 Å². The zero-order valence-electron chi connectivity index (χ0n) is 6.39. The van der Waals surface area contributed by atoms with Crippen molar-refractivity contribution in [2.75, 3.05) is 13.2 Å². The average molecular weight is 128 g/mol. The molecule has 0 bridgehead atoms. The third kappa shape index (κ3) is 7.70. The Kier molecular flexibility index (Phi) is 7.44. The topological polar surface area (TPSA) is 9.23 Å². The third-order valence-electron chi connectivity index (χ3n) is 0.965. The molecule has 9 heavy (non-hydrogen) atoms. The minimum absolute atomic E-state index is 0.779. The molecule has 0 aliphatic heterocycles. The van der Waals surface area contributed by atoms with Gasteiger partial charge in [-0.05, 0) is 12.8 Å². The Hall–Kier alpha value is -0.300. The van der Waals surface area contributed by atoms with Crippen molar-refractivity contribution in [2.24, 2.45) is 0 Å². The summed E-state index contributed by atoms with van der Waals surface area (Å²) in [6, 6.07) is 0. The Morgan fingerprint density at radius 1 is 1.22 bits per heavy atom. The smallest absolute Gasteiger partial charge is 0.0647 e. The summed E-state index contributed by atoms with van der Waals surface area (Å²) in [6.45, 7) is 5.90. The number of hydrogen-bond donors (Lipinski definition) is 0. The van der Waals surface area contributed by atoms with Gasteiger partial charge < -0.3 is 4.74 Å². The van der Waals surface area contributed by atoms with E-state index in [1.165, 1.54) is 0 Å². The van der Waals surface area contributed by atoms with Gasteiger partial charge in [0.25, 0.3) is 0 Å². The number of hydrogen-bond acceptors (Lipinski definition) is 1. The minimum Gasteiger partial charge on any atom is -0.377 e. The van der Waals surface area contributed by atoms with Crippen molar-refractivity contribution in [3.8, 4) is 0 Å². The van der Waals surface area contributed by atoms with Gasteiger partial charge in [-0.1, -0.05) is 26.0 Å². The predicted molar refractivity (Wildman–Crippen MR) is 40.5 cm³/mol. The summed E-state index contributed by atoms with van der Waals surface area (Å²) in [4.78, 5) is 0. The van der Waals surface area contributed by atoms with Crippen LogP contribution in [0.2, 0.25) is 0 Å². The van der Waals surface area contributed by atoms with Crippen LogP contribution in [0.5, 0.6) is 0 Å². The van der Waals surface area contributed by atoms with E-state index in [0.717, 1.165) is 26.1 Å². The van der Waals surface area contributed by atoms with E-state index in [-0.39, 0.29) is 0 Å². The molecular formula is C8H16O. The molecule has 1 heteroatoms. The van der Waals surface area contributed by atoms with Gasteiger partial charge >= 0.3 is 0 Å². The summed E-state index contributed by atoms with van der Waals surface area (Å²) in [5.74, 6) is 0. The molecule has 0 N–H and O–H groups in total. The molecule has 0 saturated carbocycles. The highest BCUT2D eigenvalue weighted by Crippen LogP contribution is 1.83. The van der Waals surface area contributed by atoms with Crippen LogP contribution in [0, 0.1) is 0 Å². The van der Waals surface area contributed by atoms with Crippen molar-refractivity contribution < 1.29 is 4.74 Å². The van der Waals surface area contributed by atoms with Crippen molar-refractivity contribution in [3.63, 3.8) is 0 Å². The molecule has 0 amide bonds. The summed E-state index contributed by atoms with van der Waals surface area (Å²) in [6.07, 6.45) is 6.40. The van der Waals surface area contributed by atoms with Crippen LogP contribution < -0.4 is 0 Å². The van der Waals surface area contributed by atoms with Crippen molar-refractivity contribution in [1.29, 1.82) is 0 Å². The van der Waals surface area contributed by atoms with Gasteiger partial charge in [0.05, 0.1) is 6.61 Å². The van der Waals surface area contributed by atoms with Crippen LogP contribution in [-0.2, 0) is 4.74 Å². The molecule has 0 aromatic heterocycles. The summed E-state index contributed by atoms with van der Waals surface area (Å²) < 4.78 is 5.20. The van der Waals surface area contributed by atoms with Gasteiger partial charge in [0, 0.05) is 6.61 Å². The first-order valence-corrected chi connectivity index (χ1v) is 3.64. The maximum atomic E-state index is 5.20. The molecule has 0 aliphatic carbocycles. The molecule has 0 saturated heterocycles. The highest BCUT2D eigenvalue weighted by Gasteiger charge is 1.77. The molecule has 0 heterocycles. The summed E-state index contributed by atoms with van der Waals surface area (Å²) in [5.41, 5.74) is 0. The monoisotopic (exact) mass is 128 g/mol. The first-order chi connectivity index (χ1) is 4.41. The van der Waals surface area contributed by atoms with E-state index >= 15 is 0 Å². The van der Waals surface area contributed by atoms with Crippen molar-refractivity contribution >= 4 is 0 Å². The quantitative estimate of drug-likeness (QED) is 0.408. The maximum Gasteiger partial charge on any atom is 0.0647 e. The highest BCUT2D eigenvalue weighted by molar-refractivity contribution is 4.79. The predicted octanol–water partition coefficient (Wildman–Crippen LogP) is 2.38. The second kappa shape index (κ2) is 7.70. The largest absolute Gasteiger partial charge is 0.377 e. The lowest BCUT2D eigenvalue weighted by molar-refractivity contribution is 0.163. The van der Waals surface area contributed by atoms with Crippen LogP contribution in [0.25, 0.3) is 0 Å². The molecule has 0 atom stereocenters. The molecule has 54 valence electrons. The Morgan fingerprint density at radius 3 is 2.56 bits per heavy atom. The Balaban J connectivity index is 2.82. The summed E-state index contributed by atoms with van der Waals surface area (Å²) in [5, 5.41) is 0. The molecule has 0 unspecified atom stereocenters.